The van der Waals surface area contributed by atoms with Crippen LogP contribution in [0.25, 0.3) is 10.9 Å². The topological polar surface area (TPSA) is 49.8 Å². The van der Waals surface area contributed by atoms with Crippen LogP contribution in [0.4, 0.5) is 17.1 Å². The van der Waals surface area contributed by atoms with Gasteiger partial charge in [-0.3, -0.25) is 9.97 Å². The zero-order chi connectivity index (χ0) is 13.9. The highest BCUT2D eigenvalue weighted by atomic mass is 14.9. The Morgan fingerprint density at radius 1 is 1.00 bits per heavy atom. The van der Waals surface area contributed by atoms with Crippen molar-refractivity contribution in [3.05, 3.63) is 54.5 Å². The molecule has 2 N–H and O–H groups in total. The molecule has 0 fully saturated rings. The zero-order valence-corrected chi connectivity index (χ0v) is 11.5. The number of rotatable bonds is 3. The van der Waals surface area contributed by atoms with Gasteiger partial charge in [-0.2, -0.15) is 0 Å². The van der Waals surface area contributed by atoms with Gasteiger partial charge in [-0.25, -0.2) is 0 Å². The molecule has 0 saturated carbocycles. The lowest BCUT2D eigenvalue weighted by molar-refractivity contribution is 1.25. The standard InChI is InChI=1S/C16H16N4/c1-11-6-7-12-4-3-5-15(16(12)19-11)20-14-8-13(17-2)9-18-10-14/h3-10,17,20H,1-2H3. The molecule has 0 aliphatic carbocycles. The average molecular weight is 264 g/mol. The van der Waals surface area contributed by atoms with Gasteiger partial charge in [-0.15, -0.1) is 0 Å². The molecule has 0 spiro atoms. The maximum Gasteiger partial charge on any atom is 0.0939 e. The maximum absolute atomic E-state index is 4.62. The number of benzene rings is 1. The van der Waals surface area contributed by atoms with E-state index >= 15 is 0 Å². The van der Waals surface area contributed by atoms with Gasteiger partial charge in [0, 0.05) is 18.1 Å². The summed E-state index contributed by atoms with van der Waals surface area (Å²) in [4.78, 5) is 8.82. The first-order chi connectivity index (χ1) is 9.76. The molecule has 2 heterocycles. The minimum absolute atomic E-state index is 0.938. The van der Waals surface area contributed by atoms with Crippen LogP contribution in [0.2, 0.25) is 0 Å². The van der Waals surface area contributed by atoms with Crippen molar-refractivity contribution in [3.8, 4) is 0 Å². The van der Waals surface area contributed by atoms with Crippen molar-refractivity contribution in [2.24, 2.45) is 0 Å². The predicted octanol–water partition coefficient (Wildman–Crippen LogP) is 3.72. The molecule has 3 rings (SSSR count). The van der Waals surface area contributed by atoms with Crippen molar-refractivity contribution in [3.63, 3.8) is 0 Å². The Bertz CT molecular complexity index is 752. The molecule has 4 nitrogen and oxygen atoms in total. The van der Waals surface area contributed by atoms with Crippen LogP contribution >= 0.6 is 0 Å². The van der Waals surface area contributed by atoms with E-state index in [1.165, 1.54) is 0 Å². The number of para-hydroxylation sites is 1. The molecule has 1 aromatic carbocycles. The SMILES string of the molecule is CNc1cncc(Nc2cccc3ccc(C)nc23)c1. The third kappa shape index (κ3) is 2.40. The molecule has 0 aliphatic rings. The number of anilines is 3. The second-order valence-electron chi connectivity index (χ2n) is 4.67. The Morgan fingerprint density at radius 2 is 1.85 bits per heavy atom. The van der Waals surface area contributed by atoms with Crippen LogP contribution in [0.5, 0.6) is 0 Å². The molecule has 100 valence electrons. The van der Waals surface area contributed by atoms with E-state index in [9.17, 15) is 0 Å². The second kappa shape index (κ2) is 5.17. The molecule has 4 heteroatoms. The van der Waals surface area contributed by atoms with Crippen LogP contribution in [-0.2, 0) is 0 Å². The number of aromatic nitrogens is 2. The minimum atomic E-state index is 0.938. The summed E-state index contributed by atoms with van der Waals surface area (Å²) in [5, 5.41) is 7.59. The Kier molecular flexibility index (Phi) is 3.21. The molecule has 0 saturated heterocycles. The number of nitrogens with zero attached hydrogens (tertiary/aromatic N) is 2. The molecule has 0 radical (unpaired) electrons. The summed E-state index contributed by atoms with van der Waals surface area (Å²) >= 11 is 0. The number of hydrogen-bond donors (Lipinski definition) is 2. The normalized spacial score (nSPS) is 10.5. The van der Waals surface area contributed by atoms with Crippen molar-refractivity contribution in [1.29, 1.82) is 0 Å². The second-order valence-corrected chi connectivity index (χ2v) is 4.67. The van der Waals surface area contributed by atoms with Crippen molar-refractivity contribution in [2.45, 2.75) is 6.92 Å². The molecule has 0 atom stereocenters. The predicted molar refractivity (Wildman–Crippen MR) is 83.5 cm³/mol. The van der Waals surface area contributed by atoms with Crippen LogP contribution in [-0.4, -0.2) is 17.0 Å². The van der Waals surface area contributed by atoms with E-state index in [1.807, 2.05) is 38.2 Å². The van der Waals surface area contributed by atoms with Crippen molar-refractivity contribution in [2.75, 3.05) is 17.7 Å². The van der Waals surface area contributed by atoms with Gasteiger partial charge in [0.25, 0.3) is 0 Å². The first-order valence-electron chi connectivity index (χ1n) is 6.52. The number of hydrogen-bond acceptors (Lipinski definition) is 4. The van der Waals surface area contributed by atoms with Gasteiger partial charge < -0.3 is 10.6 Å². The summed E-state index contributed by atoms with van der Waals surface area (Å²) in [7, 11) is 1.88. The van der Waals surface area contributed by atoms with Crippen LogP contribution in [0, 0.1) is 6.92 Å². The summed E-state index contributed by atoms with van der Waals surface area (Å²) < 4.78 is 0. The largest absolute Gasteiger partial charge is 0.387 e. The minimum Gasteiger partial charge on any atom is -0.387 e. The third-order valence-electron chi connectivity index (χ3n) is 3.17. The van der Waals surface area contributed by atoms with Gasteiger partial charge >= 0.3 is 0 Å². The van der Waals surface area contributed by atoms with Crippen molar-refractivity contribution >= 4 is 28.0 Å². The molecule has 0 unspecified atom stereocenters. The lowest BCUT2D eigenvalue weighted by Gasteiger charge is -2.10. The fourth-order valence-electron chi connectivity index (χ4n) is 2.15. The molecule has 20 heavy (non-hydrogen) atoms. The lowest BCUT2D eigenvalue weighted by atomic mass is 10.1. The average Bonchev–Trinajstić information content (AvgIpc) is 2.48. The quantitative estimate of drug-likeness (QED) is 0.757. The van der Waals surface area contributed by atoms with Crippen LogP contribution < -0.4 is 10.6 Å². The number of nitrogens with one attached hydrogen (secondary N) is 2. The highest BCUT2D eigenvalue weighted by molar-refractivity contribution is 5.92. The molecular formula is C16H16N4. The highest BCUT2D eigenvalue weighted by Gasteiger charge is 2.04. The molecule has 2 aromatic heterocycles. The van der Waals surface area contributed by atoms with Gasteiger partial charge in [0.1, 0.15) is 0 Å². The van der Waals surface area contributed by atoms with E-state index in [0.29, 0.717) is 0 Å². The van der Waals surface area contributed by atoms with E-state index in [2.05, 4.69) is 32.7 Å². The van der Waals surface area contributed by atoms with Crippen molar-refractivity contribution < 1.29 is 0 Å². The Balaban J connectivity index is 2.03. The Hall–Kier alpha value is -2.62. The fraction of sp³-hybridized carbons (Fsp3) is 0.125. The molecule has 0 bridgehead atoms. The highest BCUT2D eigenvalue weighted by Crippen LogP contribution is 2.25. The summed E-state index contributed by atoms with van der Waals surface area (Å²) in [6, 6.07) is 12.2. The van der Waals surface area contributed by atoms with Gasteiger partial charge in [0.2, 0.25) is 0 Å². The first kappa shape index (κ1) is 12.4. The first-order valence-corrected chi connectivity index (χ1v) is 6.52. The summed E-state index contributed by atoms with van der Waals surface area (Å²) in [6.45, 7) is 2.00. The number of fused-ring (bicyclic) bond motifs is 1. The van der Waals surface area contributed by atoms with E-state index in [4.69, 9.17) is 0 Å². The van der Waals surface area contributed by atoms with Crippen LogP contribution in [0.3, 0.4) is 0 Å². The van der Waals surface area contributed by atoms with Gasteiger partial charge in [-0.1, -0.05) is 18.2 Å². The van der Waals surface area contributed by atoms with Crippen LogP contribution in [0.1, 0.15) is 5.69 Å². The molecule has 3 aromatic rings. The summed E-state index contributed by atoms with van der Waals surface area (Å²) in [5.74, 6) is 0. The fourth-order valence-corrected chi connectivity index (χ4v) is 2.15. The van der Waals surface area contributed by atoms with E-state index < -0.39 is 0 Å². The smallest absolute Gasteiger partial charge is 0.0939 e. The molecule has 0 aliphatic heterocycles. The zero-order valence-electron chi connectivity index (χ0n) is 11.5. The molecule has 0 amide bonds. The summed E-state index contributed by atoms with van der Waals surface area (Å²) in [6.07, 6.45) is 3.59. The summed E-state index contributed by atoms with van der Waals surface area (Å²) in [5.41, 5.74) is 4.88. The monoisotopic (exact) mass is 264 g/mol. The van der Waals surface area contributed by atoms with Crippen molar-refractivity contribution in [1.82, 2.24) is 9.97 Å². The Labute approximate surface area is 117 Å². The van der Waals surface area contributed by atoms with E-state index in [-0.39, 0.29) is 0 Å². The maximum atomic E-state index is 4.62. The Morgan fingerprint density at radius 3 is 2.70 bits per heavy atom. The van der Waals surface area contributed by atoms with Gasteiger partial charge in [0.05, 0.1) is 35.0 Å². The molecular weight excluding hydrogens is 248 g/mol. The van der Waals surface area contributed by atoms with Crippen LogP contribution in [0.15, 0.2) is 48.8 Å². The third-order valence-corrected chi connectivity index (χ3v) is 3.17. The van der Waals surface area contributed by atoms with E-state index in [1.54, 1.807) is 12.4 Å². The van der Waals surface area contributed by atoms with Gasteiger partial charge in [0.15, 0.2) is 0 Å². The lowest BCUT2D eigenvalue weighted by Crippen LogP contribution is -1.96. The van der Waals surface area contributed by atoms with E-state index in [0.717, 1.165) is 33.7 Å². The van der Waals surface area contributed by atoms with Gasteiger partial charge in [-0.05, 0) is 25.1 Å². The number of aryl methyl sites for hydroxylation is 1. The number of pyridine rings is 2.